The number of halogens is 2. The minimum atomic E-state index is -0.940. The lowest BCUT2D eigenvalue weighted by Gasteiger charge is -2.21. The van der Waals surface area contributed by atoms with Crippen molar-refractivity contribution >= 4 is 33.4 Å². The molecule has 0 radical (unpaired) electrons. The fourth-order valence-electron chi connectivity index (χ4n) is 4.04. The maximum atomic E-state index is 13.5. The summed E-state index contributed by atoms with van der Waals surface area (Å²) in [5.41, 5.74) is 1.02. The van der Waals surface area contributed by atoms with Crippen LogP contribution >= 0.6 is 15.9 Å². The number of nitrogens with zero attached hydrogens (tertiary/aromatic N) is 3. The molecule has 30 heavy (non-hydrogen) atoms. The van der Waals surface area contributed by atoms with E-state index in [1.807, 2.05) is 0 Å². The van der Waals surface area contributed by atoms with Crippen LogP contribution in [0.2, 0.25) is 0 Å². The molecule has 2 fully saturated rings. The first kappa shape index (κ1) is 20.5. The molecule has 1 aromatic heterocycles. The van der Waals surface area contributed by atoms with Crippen molar-refractivity contribution in [2.24, 2.45) is 11.3 Å². The van der Waals surface area contributed by atoms with Gasteiger partial charge < -0.3 is 10.2 Å². The SMILES string of the molecule is Cc1cc(N2CC[C@@](C#N)(C3CC3)C2=O)cc(C(=O)NCc2cc(F)cc(Br)c2)n1. The van der Waals surface area contributed by atoms with E-state index in [1.165, 1.54) is 12.1 Å². The molecule has 6 nitrogen and oxygen atoms in total. The van der Waals surface area contributed by atoms with E-state index >= 15 is 0 Å². The highest BCUT2D eigenvalue weighted by Gasteiger charge is 2.56. The number of nitrogens with one attached hydrogen (secondary N) is 1. The van der Waals surface area contributed by atoms with E-state index < -0.39 is 17.1 Å². The van der Waals surface area contributed by atoms with Crippen LogP contribution in [0.1, 0.15) is 41.0 Å². The van der Waals surface area contributed by atoms with Crippen LogP contribution in [-0.4, -0.2) is 23.3 Å². The summed E-state index contributed by atoms with van der Waals surface area (Å²) in [6.45, 7) is 2.34. The molecule has 1 N–H and O–H groups in total. The molecular weight excluding hydrogens is 451 g/mol. The highest BCUT2D eigenvalue weighted by atomic mass is 79.9. The van der Waals surface area contributed by atoms with Crippen LogP contribution < -0.4 is 10.2 Å². The number of anilines is 1. The molecule has 2 aliphatic rings. The molecule has 0 unspecified atom stereocenters. The number of carbonyl (C=O) groups is 2. The van der Waals surface area contributed by atoms with Crippen molar-refractivity contribution in [3.8, 4) is 6.07 Å². The molecule has 1 saturated heterocycles. The number of aryl methyl sites for hydroxylation is 1. The fraction of sp³-hybridized carbons (Fsp3) is 0.364. The average Bonchev–Trinajstić information content (AvgIpc) is 3.49. The van der Waals surface area contributed by atoms with Crippen LogP contribution in [0.5, 0.6) is 0 Å². The Kier molecular flexibility index (Phi) is 5.33. The molecular formula is C22H20BrFN4O2. The predicted octanol–water partition coefficient (Wildman–Crippen LogP) is 3.88. The Morgan fingerprint density at radius 2 is 2.13 bits per heavy atom. The summed E-state index contributed by atoms with van der Waals surface area (Å²) in [7, 11) is 0. The van der Waals surface area contributed by atoms with E-state index in [2.05, 4.69) is 32.3 Å². The van der Waals surface area contributed by atoms with Gasteiger partial charge in [0.15, 0.2) is 0 Å². The molecule has 1 aliphatic heterocycles. The zero-order valence-electron chi connectivity index (χ0n) is 16.4. The Hall–Kier alpha value is -2.79. The Morgan fingerprint density at radius 3 is 2.80 bits per heavy atom. The van der Waals surface area contributed by atoms with Crippen LogP contribution in [0.25, 0.3) is 0 Å². The summed E-state index contributed by atoms with van der Waals surface area (Å²) >= 11 is 3.23. The van der Waals surface area contributed by atoms with Crippen LogP contribution in [0.3, 0.4) is 0 Å². The number of pyridine rings is 1. The van der Waals surface area contributed by atoms with Gasteiger partial charge in [0.05, 0.1) is 6.07 Å². The van der Waals surface area contributed by atoms with Crippen molar-refractivity contribution in [1.29, 1.82) is 5.26 Å². The van der Waals surface area contributed by atoms with Crippen LogP contribution in [0.15, 0.2) is 34.8 Å². The number of nitriles is 1. The molecule has 154 valence electrons. The molecule has 0 spiro atoms. The first-order valence-corrected chi connectivity index (χ1v) is 10.6. The third kappa shape index (κ3) is 3.82. The number of carbonyl (C=O) groups excluding carboxylic acids is 2. The van der Waals surface area contributed by atoms with Crippen LogP contribution in [-0.2, 0) is 11.3 Å². The smallest absolute Gasteiger partial charge is 0.270 e. The van der Waals surface area contributed by atoms with Gasteiger partial charge in [0.2, 0.25) is 5.91 Å². The van der Waals surface area contributed by atoms with Gasteiger partial charge in [-0.2, -0.15) is 5.26 Å². The van der Waals surface area contributed by atoms with Gasteiger partial charge in [-0.15, -0.1) is 0 Å². The van der Waals surface area contributed by atoms with Crippen molar-refractivity contribution < 1.29 is 14.0 Å². The highest BCUT2D eigenvalue weighted by Crippen LogP contribution is 2.51. The average molecular weight is 471 g/mol. The zero-order valence-corrected chi connectivity index (χ0v) is 18.0. The first-order valence-electron chi connectivity index (χ1n) is 9.77. The lowest BCUT2D eigenvalue weighted by atomic mass is 9.83. The van der Waals surface area contributed by atoms with Gasteiger partial charge in [-0.25, -0.2) is 9.37 Å². The molecule has 2 amide bonds. The summed E-state index contributed by atoms with van der Waals surface area (Å²) < 4.78 is 14.1. The summed E-state index contributed by atoms with van der Waals surface area (Å²) in [4.78, 5) is 31.6. The Balaban J connectivity index is 1.53. The third-order valence-corrected chi connectivity index (χ3v) is 6.15. The van der Waals surface area contributed by atoms with Gasteiger partial charge in [-0.1, -0.05) is 15.9 Å². The molecule has 1 aliphatic carbocycles. The van der Waals surface area contributed by atoms with Gasteiger partial charge in [-0.3, -0.25) is 9.59 Å². The quantitative estimate of drug-likeness (QED) is 0.718. The third-order valence-electron chi connectivity index (χ3n) is 5.69. The van der Waals surface area contributed by atoms with E-state index in [9.17, 15) is 19.2 Å². The molecule has 2 aromatic rings. The number of hydrogen-bond donors (Lipinski definition) is 1. The second-order valence-corrected chi connectivity index (χ2v) is 8.79. The van der Waals surface area contributed by atoms with E-state index in [4.69, 9.17) is 0 Å². The molecule has 0 bridgehead atoms. The fourth-order valence-corrected chi connectivity index (χ4v) is 4.55. The number of rotatable bonds is 5. The summed E-state index contributed by atoms with van der Waals surface area (Å²) in [5.74, 6) is -0.861. The van der Waals surface area contributed by atoms with Gasteiger partial charge in [0, 0.05) is 28.9 Å². The minimum absolute atomic E-state index is 0.135. The molecule has 1 atom stereocenters. The number of hydrogen-bond acceptors (Lipinski definition) is 4. The normalized spacial score (nSPS) is 20.9. The maximum absolute atomic E-state index is 13.5. The van der Waals surface area contributed by atoms with Crippen LogP contribution in [0, 0.1) is 35.4 Å². The number of amides is 2. The Labute approximate surface area is 182 Å². The number of aromatic nitrogens is 1. The number of benzene rings is 1. The molecule has 1 aromatic carbocycles. The standard InChI is InChI=1S/C22H20BrFN4O2/c1-13-6-18(28-5-4-22(12-25,21(28)30)15-2-3-15)10-19(27-13)20(29)26-11-14-7-16(23)9-17(24)8-14/h6-10,15H,2-5,11H2,1H3,(H,26,29)/t22-/m1/s1. The van der Waals surface area contributed by atoms with Gasteiger partial charge in [0.25, 0.3) is 5.91 Å². The van der Waals surface area contributed by atoms with Gasteiger partial charge in [0.1, 0.15) is 16.9 Å². The van der Waals surface area contributed by atoms with Crippen molar-refractivity contribution in [3.05, 3.63) is 57.6 Å². The molecule has 8 heteroatoms. The lowest BCUT2D eigenvalue weighted by Crippen LogP contribution is -2.35. The Morgan fingerprint density at radius 1 is 1.37 bits per heavy atom. The molecule has 1 saturated carbocycles. The van der Waals surface area contributed by atoms with Crippen molar-refractivity contribution in [2.75, 3.05) is 11.4 Å². The zero-order chi connectivity index (χ0) is 21.5. The molecule has 4 rings (SSSR count). The Bertz CT molecular complexity index is 1060. The van der Waals surface area contributed by atoms with Crippen molar-refractivity contribution in [2.45, 2.75) is 32.7 Å². The maximum Gasteiger partial charge on any atom is 0.270 e. The first-order chi connectivity index (χ1) is 14.3. The van der Waals surface area contributed by atoms with Crippen LogP contribution in [0.4, 0.5) is 10.1 Å². The predicted molar refractivity (Wildman–Crippen MR) is 112 cm³/mol. The van der Waals surface area contributed by atoms with E-state index in [0.717, 1.165) is 12.8 Å². The largest absolute Gasteiger partial charge is 0.347 e. The second kappa shape index (κ2) is 7.80. The van der Waals surface area contributed by atoms with Gasteiger partial charge in [-0.05, 0) is 68.0 Å². The topological polar surface area (TPSA) is 86.1 Å². The van der Waals surface area contributed by atoms with Crippen molar-refractivity contribution in [3.63, 3.8) is 0 Å². The van der Waals surface area contributed by atoms with E-state index in [0.29, 0.717) is 34.4 Å². The minimum Gasteiger partial charge on any atom is -0.347 e. The second-order valence-electron chi connectivity index (χ2n) is 7.88. The summed E-state index contributed by atoms with van der Waals surface area (Å²) in [5, 5.41) is 12.4. The summed E-state index contributed by atoms with van der Waals surface area (Å²) in [6.07, 6.45) is 2.32. The van der Waals surface area contributed by atoms with E-state index in [1.54, 1.807) is 30.0 Å². The molecule has 2 heterocycles. The monoisotopic (exact) mass is 470 g/mol. The van der Waals surface area contributed by atoms with Gasteiger partial charge >= 0.3 is 0 Å². The van der Waals surface area contributed by atoms with E-state index in [-0.39, 0.29) is 24.1 Å². The lowest BCUT2D eigenvalue weighted by molar-refractivity contribution is -0.123. The highest BCUT2D eigenvalue weighted by molar-refractivity contribution is 9.10. The summed E-state index contributed by atoms with van der Waals surface area (Å²) in [6, 6.07) is 10.0. The van der Waals surface area contributed by atoms with Crippen molar-refractivity contribution in [1.82, 2.24) is 10.3 Å².